The van der Waals surface area contributed by atoms with E-state index >= 15 is 0 Å². The molecule has 1 unspecified atom stereocenters. The van der Waals surface area contributed by atoms with Crippen LogP contribution in [0.15, 0.2) is 24.4 Å². The third-order valence-corrected chi connectivity index (χ3v) is 5.10. The summed E-state index contributed by atoms with van der Waals surface area (Å²) in [4.78, 5) is 23.2. The van der Waals surface area contributed by atoms with Gasteiger partial charge in [-0.15, -0.1) is 0 Å². The number of amides is 2. The van der Waals surface area contributed by atoms with E-state index in [1.165, 1.54) is 0 Å². The number of rotatable bonds is 6. The minimum Gasteiger partial charge on any atom is -0.352 e. The molecule has 1 aliphatic heterocycles. The molecule has 4 N–H and O–H groups in total. The minimum absolute atomic E-state index is 0.150. The molecule has 32 heavy (non-hydrogen) atoms. The van der Waals surface area contributed by atoms with Gasteiger partial charge >= 0.3 is 12.2 Å². The van der Waals surface area contributed by atoms with Gasteiger partial charge in [0.25, 0.3) is 0 Å². The van der Waals surface area contributed by atoms with E-state index in [4.69, 9.17) is 5.73 Å². The van der Waals surface area contributed by atoms with Gasteiger partial charge in [-0.05, 0) is 56.5 Å². The van der Waals surface area contributed by atoms with Crippen LogP contribution in [0, 0.1) is 5.82 Å². The first-order chi connectivity index (χ1) is 15.1. The highest BCUT2D eigenvalue weighted by molar-refractivity contribution is 5.75. The molecule has 0 saturated carbocycles. The standard InChI is InChI=1S/C21H26F4N6O/c1-12(2)28-19-27-10-14-6-8-31(11-18(14)29-19)20(32)30-17(5-7-26)13-3-4-15(16(22)9-13)21(23,24)25/h3-4,9-10,12,17H,5-8,11,26H2,1-2H3,(H,30,32)(H,27,28,29). The zero-order valence-corrected chi connectivity index (χ0v) is 17.8. The molecule has 0 radical (unpaired) electrons. The quantitative estimate of drug-likeness (QED) is 0.580. The van der Waals surface area contributed by atoms with Crippen LogP contribution in [0.25, 0.3) is 0 Å². The van der Waals surface area contributed by atoms with Crippen molar-refractivity contribution in [2.75, 3.05) is 18.4 Å². The largest absolute Gasteiger partial charge is 0.419 e. The van der Waals surface area contributed by atoms with Crippen molar-refractivity contribution in [3.05, 3.63) is 52.6 Å². The monoisotopic (exact) mass is 454 g/mol. The first-order valence-corrected chi connectivity index (χ1v) is 10.3. The lowest BCUT2D eigenvalue weighted by atomic mass is 10.0. The number of nitrogens with one attached hydrogen (secondary N) is 2. The van der Waals surface area contributed by atoms with Crippen molar-refractivity contribution in [1.29, 1.82) is 0 Å². The van der Waals surface area contributed by atoms with Gasteiger partial charge in [0, 0.05) is 18.8 Å². The Bertz CT molecular complexity index is 966. The van der Waals surface area contributed by atoms with E-state index in [0.29, 0.717) is 25.0 Å². The molecule has 2 heterocycles. The second kappa shape index (κ2) is 9.68. The summed E-state index contributed by atoms with van der Waals surface area (Å²) in [5, 5.41) is 5.89. The second-order valence-corrected chi connectivity index (χ2v) is 7.95. The van der Waals surface area contributed by atoms with Crippen molar-refractivity contribution >= 4 is 12.0 Å². The Kier molecular flexibility index (Phi) is 7.17. The van der Waals surface area contributed by atoms with Crippen LogP contribution in [0.2, 0.25) is 0 Å². The summed E-state index contributed by atoms with van der Waals surface area (Å²) in [5.74, 6) is -0.915. The minimum atomic E-state index is -4.79. The van der Waals surface area contributed by atoms with Crippen LogP contribution in [0.3, 0.4) is 0 Å². The van der Waals surface area contributed by atoms with Gasteiger partial charge in [0.1, 0.15) is 5.82 Å². The molecule has 0 fully saturated rings. The maximum absolute atomic E-state index is 14.0. The molecule has 2 aromatic rings. The fourth-order valence-corrected chi connectivity index (χ4v) is 3.51. The summed E-state index contributed by atoms with van der Waals surface area (Å²) < 4.78 is 52.6. The maximum atomic E-state index is 14.0. The highest BCUT2D eigenvalue weighted by Crippen LogP contribution is 2.33. The van der Waals surface area contributed by atoms with Gasteiger partial charge in [-0.2, -0.15) is 13.2 Å². The predicted octanol–water partition coefficient (Wildman–Crippen LogP) is 3.61. The fourth-order valence-electron chi connectivity index (χ4n) is 3.51. The summed E-state index contributed by atoms with van der Waals surface area (Å²) in [6.45, 7) is 4.77. The van der Waals surface area contributed by atoms with Crippen molar-refractivity contribution in [3.8, 4) is 0 Å². The first kappa shape index (κ1) is 23.7. The lowest BCUT2D eigenvalue weighted by molar-refractivity contribution is -0.140. The van der Waals surface area contributed by atoms with Gasteiger partial charge in [0.05, 0.1) is 23.8 Å². The van der Waals surface area contributed by atoms with Crippen LogP contribution in [0.4, 0.5) is 28.3 Å². The van der Waals surface area contributed by atoms with Crippen molar-refractivity contribution in [3.63, 3.8) is 0 Å². The number of carbonyl (C=O) groups is 1. The van der Waals surface area contributed by atoms with E-state index < -0.39 is 29.6 Å². The molecule has 1 aliphatic rings. The number of aromatic nitrogens is 2. The summed E-state index contributed by atoms with van der Waals surface area (Å²) in [5.41, 5.74) is 6.16. The molecule has 2 amide bonds. The van der Waals surface area contributed by atoms with E-state index in [1.807, 2.05) is 13.8 Å². The molecule has 1 aromatic heterocycles. The van der Waals surface area contributed by atoms with Crippen molar-refractivity contribution in [1.82, 2.24) is 20.2 Å². The third kappa shape index (κ3) is 5.64. The van der Waals surface area contributed by atoms with E-state index in [2.05, 4.69) is 20.6 Å². The van der Waals surface area contributed by atoms with Crippen LogP contribution in [-0.4, -0.2) is 40.0 Å². The zero-order valence-electron chi connectivity index (χ0n) is 17.8. The first-order valence-electron chi connectivity index (χ1n) is 10.3. The Labute approximate surface area is 183 Å². The van der Waals surface area contributed by atoms with E-state index in [-0.39, 0.29) is 31.1 Å². The van der Waals surface area contributed by atoms with Crippen LogP contribution in [-0.2, 0) is 19.1 Å². The van der Waals surface area contributed by atoms with Gasteiger partial charge < -0.3 is 21.3 Å². The summed E-state index contributed by atoms with van der Waals surface area (Å²) in [6, 6.07) is 1.64. The molecular formula is C21H26F4N6O. The number of urea groups is 1. The molecule has 7 nitrogen and oxygen atoms in total. The smallest absolute Gasteiger partial charge is 0.352 e. The number of fused-ring (bicyclic) bond motifs is 1. The highest BCUT2D eigenvalue weighted by atomic mass is 19.4. The number of alkyl halides is 3. The Hall–Kier alpha value is -2.95. The Morgan fingerprint density at radius 2 is 2.06 bits per heavy atom. The van der Waals surface area contributed by atoms with Gasteiger partial charge in [0.2, 0.25) is 5.95 Å². The van der Waals surface area contributed by atoms with Gasteiger partial charge in [-0.25, -0.2) is 19.2 Å². The number of hydrogen-bond donors (Lipinski definition) is 3. The van der Waals surface area contributed by atoms with Gasteiger partial charge in [-0.1, -0.05) is 6.07 Å². The fraction of sp³-hybridized carbons (Fsp3) is 0.476. The molecule has 3 rings (SSSR count). The summed E-state index contributed by atoms with van der Waals surface area (Å²) >= 11 is 0. The summed E-state index contributed by atoms with van der Waals surface area (Å²) in [6.07, 6.45) is -2.24. The SMILES string of the molecule is CC(C)Nc1ncc2c(n1)CN(C(=O)NC(CCN)c1ccc(C(F)(F)F)c(F)c1)CC2. The predicted molar refractivity (Wildman–Crippen MR) is 111 cm³/mol. The summed E-state index contributed by atoms with van der Waals surface area (Å²) in [7, 11) is 0. The number of carbonyl (C=O) groups excluding carboxylic acids is 1. The van der Waals surface area contributed by atoms with E-state index in [9.17, 15) is 22.4 Å². The highest BCUT2D eigenvalue weighted by Gasteiger charge is 2.34. The number of benzene rings is 1. The molecule has 0 saturated heterocycles. The number of hydrogen-bond acceptors (Lipinski definition) is 5. The molecule has 11 heteroatoms. The Morgan fingerprint density at radius 1 is 1.31 bits per heavy atom. The number of nitrogens with zero attached hydrogens (tertiary/aromatic N) is 3. The Morgan fingerprint density at radius 3 is 2.69 bits per heavy atom. The Balaban J connectivity index is 1.74. The molecule has 1 aromatic carbocycles. The van der Waals surface area contributed by atoms with Crippen molar-refractivity contribution in [2.45, 2.75) is 51.5 Å². The molecular weight excluding hydrogens is 428 g/mol. The molecule has 0 bridgehead atoms. The molecule has 0 aliphatic carbocycles. The molecule has 174 valence electrons. The number of anilines is 1. The molecule has 1 atom stereocenters. The maximum Gasteiger partial charge on any atom is 0.419 e. The number of halogens is 4. The van der Waals surface area contributed by atoms with Crippen LogP contribution < -0.4 is 16.4 Å². The van der Waals surface area contributed by atoms with Gasteiger partial charge in [-0.3, -0.25) is 0 Å². The number of nitrogens with two attached hydrogens (primary N) is 1. The van der Waals surface area contributed by atoms with E-state index in [1.54, 1.807) is 11.1 Å². The van der Waals surface area contributed by atoms with Crippen molar-refractivity contribution < 1.29 is 22.4 Å². The van der Waals surface area contributed by atoms with Gasteiger partial charge in [0.15, 0.2) is 0 Å². The second-order valence-electron chi connectivity index (χ2n) is 7.95. The van der Waals surface area contributed by atoms with Crippen LogP contribution >= 0.6 is 0 Å². The molecule has 0 spiro atoms. The third-order valence-electron chi connectivity index (χ3n) is 5.10. The van der Waals surface area contributed by atoms with E-state index in [0.717, 1.165) is 23.4 Å². The average Bonchev–Trinajstić information content (AvgIpc) is 2.71. The zero-order chi connectivity index (χ0) is 23.5. The van der Waals surface area contributed by atoms with Crippen LogP contribution in [0.1, 0.15) is 48.7 Å². The normalized spacial score (nSPS) is 14.8. The lowest BCUT2D eigenvalue weighted by Gasteiger charge is -2.30. The lowest BCUT2D eigenvalue weighted by Crippen LogP contribution is -2.44. The topological polar surface area (TPSA) is 96.2 Å². The van der Waals surface area contributed by atoms with Crippen LogP contribution in [0.5, 0.6) is 0 Å². The average molecular weight is 454 g/mol. The van der Waals surface area contributed by atoms with Crippen molar-refractivity contribution in [2.24, 2.45) is 5.73 Å².